The predicted molar refractivity (Wildman–Crippen MR) is 87.5 cm³/mol. The summed E-state index contributed by atoms with van der Waals surface area (Å²) in [6.45, 7) is 2.65. The van der Waals surface area contributed by atoms with Crippen LogP contribution in [-0.4, -0.2) is 12.6 Å². The Hall–Kier alpha value is -0.440. The first-order valence-corrected chi connectivity index (χ1v) is 8.46. The minimum Gasteiger partial charge on any atom is -0.462 e. The van der Waals surface area contributed by atoms with Gasteiger partial charge in [-0.2, -0.15) is 0 Å². The largest absolute Gasteiger partial charge is 0.462 e. The van der Waals surface area contributed by atoms with Crippen molar-refractivity contribution in [2.75, 3.05) is 6.61 Å². The molecular weight excluding hydrogens is 331 g/mol. The lowest BCUT2D eigenvalue weighted by Crippen LogP contribution is -2.10. The van der Waals surface area contributed by atoms with Crippen LogP contribution in [0.5, 0.6) is 0 Å². The van der Waals surface area contributed by atoms with E-state index in [1.807, 2.05) is 0 Å². The van der Waals surface area contributed by atoms with Gasteiger partial charge < -0.3 is 4.74 Å². The number of esters is 1. The molecule has 1 fully saturated rings. The molecule has 0 bridgehead atoms. The normalized spacial score (nSPS) is 21.5. The summed E-state index contributed by atoms with van der Waals surface area (Å²) in [5.41, 5.74) is 0.229. The van der Waals surface area contributed by atoms with Crippen molar-refractivity contribution < 1.29 is 9.53 Å². The number of halogens is 3. The van der Waals surface area contributed by atoms with Crippen molar-refractivity contribution in [3.63, 3.8) is 0 Å². The highest BCUT2D eigenvalue weighted by Gasteiger charge is 2.23. The molecule has 2 unspecified atom stereocenters. The summed E-state index contributed by atoms with van der Waals surface area (Å²) >= 11 is 17.8. The number of hydrogen-bond acceptors (Lipinski definition) is 2. The first-order chi connectivity index (χ1) is 10.0. The van der Waals surface area contributed by atoms with Gasteiger partial charge in [0.1, 0.15) is 0 Å². The Balaban J connectivity index is 1.85. The van der Waals surface area contributed by atoms with Crippen LogP contribution in [0.25, 0.3) is 0 Å². The van der Waals surface area contributed by atoms with Gasteiger partial charge in [0.15, 0.2) is 0 Å². The van der Waals surface area contributed by atoms with Gasteiger partial charge in [-0.3, -0.25) is 0 Å². The molecule has 2 nitrogen and oxygen atoms in total. The molecule has 0 amide bonds. The highest BCUT2D eigenvalue weighted by Crippen LogP contribution is 2.35. The maximum Gasteiger partial charge on any atom is 0.339 e. The van der Waals surface area contributed by atoms with E-state index in [9.17, 15) is 4.79 Å². The summed E-state index contributed by atoms with van der Waals surface area (Å²) in [6.07, 6.45) is 5.93. The number of hydrogen-bond donors (Lipinski definition) is 0. The van der Waals surface area contributed by atoms with E-state index in [2.05, 4.69) is 6.92 Å². The zero-order chi connectivity index (χ0) is 15.4. The Labute approximate surface area is 140 Å². The molecule has 2 rings (SSSR count). The Morgan fingerprint density at radius 1 is 1.24 bits per heavy atom. The Morgan fingerprint density at radius 3 is 2.62 bits per heavy atom. The molecule has 0 radical (unpaired) electrons. The van der Waals surface area contributed by atoms with Crippen LogP contribution < -0.4 is 0 Å². The van der Waals surface area contributed by atoms with E-state index in [1.54, 1.807) is 0 Å². The van der Waals surface area contributed by atoms with Crippen molar-refractivity contribution in [2.24, 2.45) is 11.8 Å². The van der Waals surface area contributed by atoms with Gasteiger partial charge in [0.2, 0.25) is 0 Å². The second-order valence-corrected chi connectivity index (χ2v) is 6.85. The highest BCUT2D eigenvalue weighted by atomic mass is 35.5. The Kier molecular flexibility index (Phi) is 6.21. The van der Waals surface area contributed by atoms with E-state index in [1.165, 1.54) is 37.8 Å². The third-order valence-corrected chi connectivity index (χ3v) is 5.22. The van der Waals surface area contributed by atoms with E-state index in [0.29, 0.717) is 17.5 Å². The Morgan fingerprint density at radius 2 is 1.95 bits per heavy atom. The summed E-state index contributed by atoms with van der Waals surface area (Å²) in [5.74, 6) is 1.04. The van der Waals surface area contributed by atoms with Gasteiger partial charge >= 0.3 is 5.97 Å². The second kappa shape index (κ2) is 7.71. The SMILES string of the molecule is CCC1CCC(CCOC(=O)c2cc(Cl)cc(Cl)c2Cl)C1. The van der Waals surface area contributed by atoms with Crippen molar-refractivity contribution in [1.82, 2.24) is 0 Å². The molecule has 1 aliphatic carbocycles. The lowest BCUT2D eigenvalue weighted by Gasteiger charge is -2.11. The lowest BCUT2D eigenvalue weighted by molar-refractivity contribution is 0.0483. The number of benzene rings is 1. The summed E-state index contributed by atoms with van der Waals surface area (Å²) in [5, 5.41) is 0.827. The van der Waals surface area contributed by atoms with Crippen molar-refractivity contribution in [1.29, 1.82) is 0 Å². The molecule has 0 aliphatic heterocycles. The van der Waals surface area contributed by atoms with Gasteiger partial charge in [0, 0.05) is 5.02 Å². The van der Waals surface area contributed by atoms with Crippen LogP contribution in [-0.2, 0) is 4.74 Å². The molecule has 21 heavy (non-hydrogen) atoms. The molecule has 0 spiro atoms. The van der Waals surface area contributed by atoms with Gasteiger partial charge in [-0.25, -0.2) is 4.79 Å². The third kappa shape index (κ3) is 4.51. The molecule has 5 heteroatoms. The van der Waals surface area contributed by atoms with E-state index in [0.717, 1.165) is 12.3 Å². The van der Waals surface area contributed by atoms with Crippen LogP contribution >= 0.6 is 34.8 Å². The molecule has 1 aliphatic rings. The fourth-order valence-corrected chi connectivity index (χ4v) is 3.59. The zero-order valence-electron chi connectivity index (χ0n) is 12.0. The first-order valence-electron chi connectivity index (χ1n) is 7.33. The van der Waals surface area contributed by atoms with Crippen molar-refractivity contribution >= 4 is 40.8 Å². The number of ether oxygens (including phenoxy) is 1. The molecule has 1 saturated carbocycles. The molecular formula is C16H19Cl3O2. The minimum absolute atomic E-state index is 0.193. The lowest BCUT2D eigenvalue weighted by atomic mass is 10.0. The van der Waals surface area contributed by atoms with E-state index >= 15 is 0 Å². The third-order valence-electron chi connectivity index (χ3n) is 4.20. The van der Waals surface area contributed by atoms with Crippen LogP contribution in [0.15, 0.2) is 12.1 Å². The zero-order valence-corrected chi connectivity index (χ0v) is 14.3. The first kappa shape index (κ1) is 16.9. The molecule has 0 N–H and O–H groups in total. The number of carbonyl (C=O) groups excluding carboxylic acids is 1. The van der Waals surface area contributed by atoms with Crippen molar-refractivity contribution in [2.45, 2.75) is 39.0 Å². The molecule has 0 heterocycles. The Bertz CT molecular complexity index is 516. The van der Waals surface area contributed by atoms with Gasteiger partial charge in [-0.1, -0.05) is 61.0 Å². The van der Waals surface area contributed by atoms with Gasteiger partial charge in [-0.15, -0.1) is 0 Å². The maximum absolute atomic E-state index is 12.0. The van der Waals surface area contributed by atoms with Gasteiger partial charge in [-0.05, 0) is 36.8 Å². The van der Waals surface area contributed by atoms with Crippen LogP contribution in [0.3, 0.4) is 0 Å². The second-order valence-electron chi connectivity index (χ2n) is 5.63. The predicted octanol–water partition coefficient (Wildman–Crippen LogP) is 6.02. The van der Waals surface area contributed by atoms with Crippen molar-refractivity contribution in [3.8, 4) is 0 Å². The fourth-order valence-electron chi connectivity index (χ4n) is 2.91. The minimum atomic E-state index is -0.463. The number of rotatable bonds is 5. The summed E-state index contributed by atoms with van der Waals surface area (Å²) in [6, 6.07) is 2.99. The molecule has 116 valence electrons. The molecule has 1 aromatic carbocycles. The summed E-state index contributed by atoms with van der Waals surface area (Å²) in [7, 11) is 0. The van der Waals surface area contributed by atoms with Gasteiger partial charge in [0.25, 0.3) is 0 Å². The number of carbonyl (C=O) groups is 1. The van der Waals surface area contributed by atoms with E-state index in [4.69, 9.17) is 39.5 Å². The van der Waals surface area contributed by atoms with Crippen LogP contribution in [0.1, 0.15) is 49.4 Å². The van der Waals surface area contributed by atoms with E-state index < -0.39 is 5.97 Å². The van der Waals surface area contributed by atoms with E-state index in [-0.39, 0.29) is 15.6 Å². The molecule has 0 aromatic heterocycles. The van der Waals surface area contributed by atoms with Gasteiger partial charge in [0.05, 0.1) is 22.2 Å². The molecule has 2 atom stereocenters. The standard InChI is InChI=1S/C16H19Cl3O2/c1-2-10-3-4-11(7-10)5-6-21-16(20)13-8-12(17)9-14(18)15(13)19/h8-11H,2-7H2,1H3. The quantitative estimate of drug-likeness (QED) is 0.480. The molecule has 1 aromatic rings. The maximum atomic E-state index is 12.0. The fraction of sp³-hybridized carbons (Fsp3) is 0.562. The van der Waals surface area contributed by atoms with Crippen LogP contribution in [0, 0.1) is 11.8 Å². The van der Waals surface area contributed by atoms with Crippen LogP contribution in [0.2, 0.25) is 15.1 Å². The summed E-state index contributed by atoms with van der Waals surface area (Å²) in [4.78, 5) is 12.0. The highest BCUT2D eigenvalue weighted by molar-refractivity contribution is 6.45. The summed E-state index contributed by atoms with van der Waals surface area (Å²) < 4.78 is 5.31. The molecule has 0 saturated heterocycles. The topological polar surface area (TPSA) is 26.3 Å². The monoisotopic (exact) mass is 348 g/mol. The average Bonchev–Trinajstić information content (AvgIpc) is 2.90. The van der Waals surface area contributed by atoms with Crippen molar-refractivity contribution in [3.05, 3.63) is 32.8 Å². The average molecular weight is 350 g/mol. The smallest absolute Gasteiger partial charge is 0.339 e. The van der Waals surface area contributed by atoms with Crippen LogP contribution in [0.4, 0.5) is 0 Å².